The summed E-state index contributed by atoms with van der Waals surface area (Å²) in [7, 11) is 0. The number of rotatable bonds is 2. The van der Waals surface area contributed by atoms with E-state index in [1.807, 2.05) is 6.92 Å². The lowest BCUT2D eigenvalue weighted by Crippen LogP contribution is -1.88. The number of hydrogen-bond acceptors (Lipinski definition) is 1. The molecule has 1 fully saturated rings. The fourth-order valence-corrected chi connectivity index (χ4v) is 1.64. The molecular formula is C10H15N. The van der Waals surface area contributed by atoms with Crippen LogP contribution in [0.5, 0.6) is 0 Å². The Morgan fingerprint density at radius 3 is 2.64 bits per heavy atom. The molecular weight excluding hydrogens is 134 g/mol. The maximum absolute atomic E-state index is 8.67. The van der Waals surface area contributed by atoms with E-state index in [9.17, 15) is 0 Å². The second kappa shape index (κ2) is 4.18. The summed E-state index contributed by atoms with van der Waals surface area (Å²) in [6.45, 7) is 2.05. The van der Waals surface area contributed by atoms with Crippen molar-refractivity contribution in [2.45, 2.75) is 39.0 Å². The summed E-state index contributed by atoms with van der Waals surface area (Å²) in [6.07, 6.45) is 8.36. The van der Waals surface area contributed by atoms with Crippen LogP contribution in [0.4, 0.5) is 0 Å². The molecule has 11 heavy (non-hydrogen) atoms. The van der Waals surface area contributed by atoms with Crippen LogP contribution in [-0.4, -0.2) is 0 Å². The zero-order valence-corrected chi connectivity index (χ0v) is 7.14. The van der Waals surface area contributed by atoms with Crippen LogP contribution in [0.1, 0.15) is 39.0 Å². The molecule has 0 amide bonds. The van der Waals surface area contributed by atoms with Gasteiger partial charge in [-0.1, -0.05) is 25.8 Å². The lowest BCUT2D eigenvalue weighted by atomic mass is 10.0. The first-order valence-corrected chi connectivity index (χ1v) is 4.47. The third-order valence-corrected chi connectivity index (χ3v) is 2.36. The zero-order valence-electron chi connectivity index (χ0n) is 7.14. The first-order chi connectivity index (χ1) is 5.36. The van der Waals surface area contributed by atoms with Crippen molar-refractivity contribution in [2.75, 3.05) is 0 Å². The Balaban J connectivity index is 2.48. The SMILES string of the molecule is CC/C(C#N)=C\C1CCCC1. The third kappa shape index (κ3) is 2.38. The quantitative estimate of drug-likeness (QED) is 0.553. The second-order valence-electron chi connectivity index (χ2n) is 3.20. The van der Waals surface area contributed by atoms with Crippen LogP contribution in [0, 0.1) is 17.2 Å². The molecule has 1 rings (SSSR count). The van der Waals surface area contributed by atoms with Gasteiger partial charge in [0.2, 0.25) is 0 Å². The average molecular weight is 149 g/mol. The highest BCUT2D eigenvalue weighted by Gasteiger charge is 2.12. The monoisotopic (exact) mass is 149 g/mol. The molecule has 1 nitrogen and oxygen atoms in total. The molecule has 0 saturated heterocycles. The molecule has 0 aromatic rings. The Morgan fingerprint density at radius 2 is 2.18 bits per heavy atom. The average Bonchev–Trinajstić information content (AvgIpc) is 2.52. The van der Waals surface area contributed by atoms with E-state index in [-0.39, 0.29) is 0 Å². The zero-order chi connectivity index (χ0) is 8.10. The molecule has 0 atom stereocenters. The van der Waals surface area contributed by atoms with Crippen molar-refractivity contribution in [2.24, 2.45) is 5.92 Å². The van der Waals surface area contributed by atoms with E-state index in [1.54, 1.807) is 0 Å². The van der Waals surface area contributed by atoms with Gasteiger partial charge in [-0.05, 0) is 25.2 Å². The standard InChI is InChI=1S/C10H15N/c1-2-9(8-11)7-10-5-3-4-6-10/h7,10H,2-6H2,1H3/b9-7+. The fraction of sp³-hybridized carbons (Fsp3) is 0.700. The van der Waals surface area contributed by atoms with E-state index < -0.39 is 0 Å². The minimum absolute atomic E-state index is 0.713. The maximum atomic E-state index is 8.67. The van der Waals surface area contributed by atoms with E-state index in [1.165, 1.54) is 25.7 Å². The second-order valence-corrected chi connectivity index (χ2v) is 3.20. The molecule has 1 heteroatoms. The largest absolute Gasteiger partial charge is 0.193 e. The van der Waals surface area contributed by atoms with Gasteiger partial charge in [-0.2, -0.15) is 5.26 Å². The molecule has 0 aromatic heterocycles. The summed E-state index contributed by atoms with van der Waals surface area (Å²) >= 11 is 0. The molecule has 1 aliphatic carbocycles. The van der Waals surface area contributed by atoms with Crippen LogP contribution in [0.25, 0.3) is 0 Å². The molecule has 1 saturated carbocycles. The van der Waals surface area contributed by atoms with Crippen LogP contribution in [0.3, 0.4) is 0 Å². The van der Waals surface area contributed by atoms with Gasteiger partial charge in [-0.15, -0.1) is 0 Å². The van der Waals surface area contributed by atoms with E-state index in [4.69, 9.17) is 5.26 Å². The maximum Gasteiger partial charge on any atom is 0.0943 e. The molecule has 60 valence electrons. The van der Waals surface area contributed by atoms with Crippen molar-refractivity contribution >= 4 is 0 Å². The number of nitrogens with zero attached hydrogens (tertiary/aromatic N) is 1. The van der Waals surface area contributed by atoms with Gasteiger partial charge in [0, 0.05) is 5.57 Å². The van der Waals surface area contributed by atoms with Gasteiger partial charge >= 0.3 is 0 Å². The predicted octanol–water partition coefficient (Wildman–Crippen LogP) is 3.04. The molecule has 0 unspecified atom stereocenters. The van der Waals surface area contributed by atoms with Crippen molar-refractivity contribution in [3.8, 4) is 6.07 Å². The molecule has 0 aromatic carbocycles. The highest BCUT2D eigenvalue weighted by Crippen LogP contribution is 2.26. The molecule has 0 heterocycles. The molecule has 0 bridgehead atoms. The van der Waals surface area contributed by atoms with Crippen LogP contribution >= 0.6 is 0 Å². The normalized spacial score (nSPS) is 20.2. The minimum atomic E-state index is 0.713. The summed E-state index contributed by atoms with van der Waals surface area (Å²) in [5.41, 5.74) is 0.969. The fourth-order valence-electron chi connectivity index (χ4n) is 1.64. The van der Waals surface area contributed by atoms with E-state index in [2.05, 4.69) is 12.1 Å². The number of allylic oxidation sites excluding steroid dienone is 2. The Hall–Kier alpha value is -0.770. The molecule has 1 aliphatic rings. The van der Waals surface area contributed by atoms with Crippen LogP contribution < -0.4 is 0 Å². The van der Waals surface area contributed by atoms with Gasteiger partial charge in [-0.25, -0.2) is 0 Å². The van der Waals surface area contributed by atoms with Crippen molar-refractivity contribution in [1.82, 2.24) is 0 Å². The first kappa shape index (κ1) is 8.33. The Labute approximate surface area is 68.7 Å². The van der Waals surface area contributed by atoms with Gasteiger partial charge < -0.3 is 0 Å². The highest BCUT2D eigenvalue weighted by atomic mass is 14.3. The summed E-state index contributed by atoms with van der Waals surface area (Å²) in [5, 5.41) is 8.67. The van der Waals surface area contributed by atoms with Crippen molar-refractivity contribution in [1.29, 1.82) is 5.26 Å². The Bertz CT molecular complexity index is 180. The molecule has 0 aliphatic heterocycles. The van der Waals surface area contributed by atoms with Crippen molar-refractivity contribution in [3.05, 3.63) is 11.6 Å². The smallest absolute Gasteiger partial charge is 0.0943 e. The lowest BCUT2D eigenvalue weighted by Gasteiger charge is -2.00. The number of hydrogen-bond donors (Lipinski definition) is 0. The van der Waals surface area contributed by atoms with Crippen molar-refractivity contribution < 1.29 is 0 Å². The number of nitriles is 1. The summed E-state index contributed by atoms with van der Waals surface area (Å²) in [5.74, 6) is 0.713. The van der Waals surface area contributed by atoms with Crippen LogP contribution in [0.15, 0.2) is 11.6 Å². The highest BCUT2D eigenvalue weighted by molar-refractivity contribution is 5.21. The van der Waals surface area contributed by atoms with Crippen LogP contribution in [-0.2, 0) is 0 Å². The summed E-state index contributed by atoms with van der Waals surface area (Å²) < 4.78 is 0. The van der Waals surface area contributed by atoms with Gasteiger partial charge in [-0.3, -0.25) is 0 Å². The summed E-state index contributed by atoms with van der Waals surface area (Å²) in [6, 6.07) is 2.24. The van der Waals surface area contributed by atoms with Gasteiger partial charge in [0.1, 0.15) is 0 Å². The van der Waals surface area contributed by atoms with Crippen molar-refractivity contribution in [3.63, 3.8) is 0 Å². The Morgan fingerprint density at radius 1 is 1.55 bits per heavy atom. The van der Waals surface area contributed by atoms with Gasteiger partial charge in [0.25, 0.3) is 0 Å². The molecule has 0 radical (unpaired) electrons. The van der Waals surface area contributed by atoms with Gasteiger partial charge in [0.05, 0.1) is 6.07 Å². The van der Waals surface area contributed by atoms with E-state index in [0.29, 0.717) is 5.92 Å². The van der Waals surface area contributed by atoms with E-state index in [0.717, 1.165) is 12.0 Å². The van der Waals surface area contributed by atoms with Gasteiger partial charge in [0.15, 0.2) is 0 Å². The topological polar surface area (TPSA) is 23.8 Å². The predicted molar refractivity (Wildman–Crippen MR) is 45.9 cm³/mol. The van der Waals surface area contributed by atoms with E-state index >= 15 is 0 Å². The molecule has 0 N–H and O–H groups in total. The van der Waals surface area contributed by atoms with Crippen LogP contribution in [0.2, 0.25) is 0 Å². The summed E-state index contributed by atoms with van der Waals surface area (Å²) in [4.78, 5) is 0. The lowest BCUT2D eigenvalue weighted by molar-refractivity contribution is 0.680. The Kier molecular flexibility index (Phi) is 3.16. The minimum Gasteiger partial charge on any atom is -0.193 e. The third-order valence-electron chi connectivity index (χ3n) is 2.36. The molecule has 0 spiro atoms. The first-order valence-electron chi connectivity index (χ1n) is 4.47.